The number of halogens is 2. The van der Waals surface area contributed by atoms with Crippen molar-refractivity contribution < 1.29 is 26.8 Å². The van der Waals surface area contributed by atoms with E-state index in [4.69, 9.17) is 5.73 Å². The number of aryl methyl sites for hydroxylation is 1. The number of amides is 2. The molecule has 0 atom stereocenters. The summed E-state index contributed by atoms with van der Waals surface area (Å²) in [5, 5.41) is 2.23. The first-order valence-electron chi connectivity index (χ1n) is 9.32. The van der Waals surface area contributed by atoms with E-state index >= 15 is 0 Å². The second-order valence-corrected chi connectivity index (χ2v) is 8.98. The van der Waals surface area contributed by atoms with Crippen molar-refractivity contribution in [2.45, 2.75) is 31.1 Å². The molecule has 0 radical (unpaired) electrons. The van der Waals surface area contributed by atoms with Crippen molar-refractivity contribution in [1.82, 2.24) is 4.31 Å². The molecular weight excluding hydrogens is 416 g/mol. The molecule has 10 heteroatoms. The number of benzene rings is 2. The Morgan fingerprint density at radius 1 is 1.03 bits per heavy atom. The Kier molecular flexibility index (Phi) is 6.18. The minimum Gasteiger partial charge on any atom is -0.366 e. The molecule has 160 valence electrons. The Morgan fingerprint density at radius 3 is 2.33 bits per heavy atom. The Balaban J connectivity index is 1.92. The fraction of sp³-hybridized carbons (Fsp3) is 0.300. The van der Waals surface area contributed by atoms with E-state index < -0.39 is 44.7 Å². The largest absolute Gasteiger partial charge is 0.366 e. The van der Waals surface area contributed by atoms with E-state index in [0.29, 0.717) is 24.7 Å². The predicted molar refractivity (Wildman–Crippen MR) is 107 cm³/mol. The lowest BCUT2D eigenvalue weighted by Crippen LogP contribution is -2.36. The minimum absolute atomic E-state index is 0.00514. The Bertz CT molecular complexity index is 1110. The van der Waals surface area contributed by atoms with Gasteiger partial charge < -0.3 is 11.1 Å². The van der Waals surface area contributed by atoms with Crippen LogP contribution in [0, 0.1) is 18.6 Å². The number of rotatable bonds is 5. The van der Waals surface area contributed by atoms with Crippen LogP contribution in [0.1, 0.15) is 45.5 Å². The number of nitrogens with zero attached hydrogens (tertiary/aromatic N) is 1. The van der Waals surface area contributed by atoms with Gasteiger partial charge >= 0.3 is 0 Å². The molecule has 0 aromatic heterocycles. The van der Waals surface area contributed by atoms with Gasteiger partial charge in [0.1, 0.15) is 11.6 Å². The van der Waals surface area contributed by atoms with Gasteiger partial charge in [0.05, 0.1) is 16.1 Å². The van der Waals surface area contributed by atoms with Crippen LogP contribution < -0.4 is 11.1 Å². The molecule has 3 N–H and O–H groups in total. The van der Waals surface area contributed by atoms with Crippen LogP contribution in [0.3, 0.4) is 0 Å². The van der Waals surface area contributed by atoms with E-state index in [-0.39, 0.29) is 10.5 Å². The molecule has 0 saturated carbocycles. The molecule has 0 aliphatic carbocycles. The Morgan fingerprint density at radius 2 is 1.70 bits per heavy atom. The van der Waals surface area contributed by atoms with E-state index in [1.54, 1.807) is 6.92 Å². The summed E-state index contributed by atoms with van der Waals surface area (Å²) in [6, 6.07) is 5.35. The summed E-state index contributed by atoms with van der Waals surface area (Å²) >= 11 is 0. The van der Waals surface area contributed by atoms with Crippen LogP contribution >= 0.6 is 0 Å². The van der Waals surface area contributed by atoms with Crippen LogP contribution in [0.15, 0.2) is 35.2 Å². The van der Waals surface area contributed by atoms with Crippen LogP contribution in [0.25, 0.3) is 0 Å². The molecular formula is C20H21F2N3O4S. The number of hydrogen-bond acceptors (Lipinski definition) is 4. The summed E-state index contributed by atoms with van der Waals surface area (Å²) in [7, 11) is -3.78. The lowest BCUT2D eigenvalue weighted by molar-refractivity contribution is 0.0992. The maximum Gasteiger partial charge on any atom is 0.255 e. The number of anilines is 1. The molecule has 2 amide bonds. The quantitative estimate of drug-likeness (QED) is 0.750. The molecule has 2 aromatic carbocycles. The first kappa shape index (κ1) is 21.8. The highest BCUT2D eigenvalue weighted by Crippen LogP contribution is 2.25. The van der Waals surface area contributed by atoms with Crippen molar-refractivity contribution in [3.63, 3.8) is 0 Å². The molecule has 30 heavy (non-hydrogen) atoms. The molecule has 1 fully saturated rings. The molecule has 7 nitrogen and oxygen atoms in total. The molecule has 1 saturated heterocycles. The highest BCUT2D eigenvalue weighted by molar-refractivity contribution is 7.89. The summed E-state index contributed by atoms with van der Waals surface area (Å²) in [5.74, 6) is -4.18. The van der Waals surface area contributed by atoms with Gasteiger partial charge in [-0.25, -0.2) is 17.2 Å². The average molecular weight is 437 g/mol. The summed E-state index contributed by atoms with van der Waals surface area (Å²) in [4.78, 5) is 23.9. The van der Waals surface area contributed by atoms with Gasteiger partial charge in [-0.1, -0.05) is 12.5 Å². The third-order valence-electron chi connectivity index (χ3n) is 4.95. The molecule has 0 bridgehead atoms. The SMILES string of the molecule is Cc1ccc(C(=O)Nc2cc(C(N)=O)c(F)cc2F)cc1S(=O)(=O)N1CCCCC1. The first-order chi connectivity index (χ1) is 14.1. The van der Waals surface area contributed by atoms with Gasteiger partial charge in [-0.2, -0.15) is 4.31 Å². The highest BCUT2D eigenvalue weighted by atomic mass is 32.2. The Labute approximate surface area is 172 Å². The topological polar surface area (TPSA) is 110 Å². The summed E-state index contributed by atoms with van der Waals surface area (Å²) in [5.41, 5.74) is 4.46. The van der Waals surface area contributed by atoms with Crippen LogP contribution in [-0.2, 0) is 10.0 Å². The van der Waals surface area contributed by atoms with Crippen LogP contribution in [0.4, 0.5) is 14.5 Å². The number of carbonyl (C=O) groups is 2. The normalized spacial score (nSPS) is 15.0. The maximum absolute atomic E-state index is 14.0. The van der Waals surface area contributed by atoms with Crippen LogP contribution in [-0.4, -0.2) is 37.6 Å². The Hall–Kier alpha value is -2.85. The van der Waals surface area contributed by atoms with Gasteiger partial charge in [-0.15, -0.1) is 0 Å². The van der Waals surface area contributed by atoms with E-state index in [9.17, 15) is 26.8 Å². The standard InChI is InChI=1S/C20H21F2N3O4S/c1-12-5-6-13(9-18(12)30(28,29)25-7-3-2-4-8-25)20(27)24-17-10-14(19(23)26)15(21)11-16(17)22/h5-6,9-11H,2-4,7-8H2,1H3,(H2,23,26)(H,24,27). The average Bonchev–Trinajstić information content (AvgIpc) is 2.70. The van der Waals surface area contributed by atoms with Crippen molar-refractivity contribution in [3.05, 3.63) is 58.7 Å². The van der Waals surface area contributed by atoms with E-state index in [0.717, 1.165) is 25.3 Å². The summed E-state index contributed by atoms with van der Waals surface area (Å²) in [6.07, 6.45) is 2.50. The van der Waals surface area contributed by atoms with Gasteiger partial charge in [0.15, 0.2) is 0 Å². The fourth-order valence-corrected chi connectivity index (χ4v) is 5.06. The number of primary amides is 1. The zero-order valence-electron chi connectivity index (χ0n) is 16.2. The second kappa shape index (κ2) is 8.49. The van der Waals surface area contributed by atoms with E-state index in [1.807, 2.05) is 0 Å². The number of nitrogens with one attached hydrogen (secondary N) is 1. The van der Waals surface area contributed by atoms with Crippen molar-refractivity contribution in [3.8, 4) is 0 Å². The molecule has 0 unspecified atom stereocenters. The van der Waals surface area contributed by atoms with Gasteiger partial charge in [-0.05, 0) is 43.5 Å². The van der Waals surface area contributed by atoms with Crippen molar-refractivity contribution in [2.24, 2.45) is 5.73 Å². The molecule has 2 aromatic rings. The number of carbonyl (C=O) groups excluding carboxylic acids is 2. The van der Waals surface area contributed by atoms with Crippen molar-refractivity contribution >= 4 is 27.5 Å². The summed E-state index contributed by atoms with van der Waals surface area (Å²) in [6.45, 7) is 2.45. The molecule has 3 rings (SSSR count). The zero-order valence-corrected chi connectivity index (χ0v) is 17.1. The molecule has 1 heterocycles. The first-order valence-corrected chi connectivity index (χ1v) is 10.8. The van der Waals surface area contributed by atoms with Crippen LogP contribution in [0.2, 0.25) is 0 Å². The van der Waals surface area contributed by atoms with Crippen molar-refractivity contribution in [2.75, 3.05) is 18.4 Å². The lowest BCUT2D eigenvalue weighted by Gasteiger charge is -2.26. The predicted octanol–water partition coefficient (Wildman–Crippen LogP) is 2.80. The van der Waals surface area contributed by atoms with E-state index in [1.165, 1.54) is 22.5 Å². The monoisotopic (exact) mass is 437 g/mol. The second-order valence-electron chi connectivity index (χ2n) is 7.08. The zero-order chi connectivity index (χ0) is 22.1. The smallest absolute Gasteiger partial charge is 0.255 e. The molecule has 1 aliphatic heterocycles. The van der Waals surface area contributed by atoms with Crippen molar-refractivity contribution in [1.29, 1.82) is 0 Å². The third-order valence-corrected chi connectivity index (χ3v) is 6.99. The molecule has 1 aliphatic rings. The minimum atomic E-state index is -3.78. The van der Waals surface area contributed by atoms with Gasteiger partial charge in [0.2, 0.25) is 10.0 Å². The molecule has 0 spiro atoms. The van der Waals surface area contributed by atoms with Crippen LogP contribution in [0.5, 0.6) is 0 Å². The summed E-state index contributed by atoms with van der Waals surface area (Å²) < 4.78 is 55.0. The number of piperidine rings is 1. The third kappa shape index (κ3) is 4.34. The highest BCUT2D eigenvalue weighted by Gasteiger charge is 2.28. The number of sulfonamides is 1. The lowest BCUT2D eigenvalue weighted by atomic mass is 10.1. The maximum atomic E-state index is 14.0. The van der Waals surface area contributed by atoms with Gasteiger partial charge in [0, 0.05) is 24.7 Å². The van der Waals surface area contributed by atoms with Gasteiger partial charge in [0.25, 0.3) is 11.8 Å². The fourth-order valence-electron chi connectivity index (χ4n) is 3.29. The van der Waals surface area contributed by atoms with E-state index in [2.05, 4.69) is 5.32 Å². The number of nitrogens with two attached hydrogens (primary N) is 1. The van der Waals surface area contributed by atoms with Gasteiger partial charge in [-0.3, -0.25) is 9.59 Å². The number of hydrogen-bond donors (Lipinski definition) is 2.